The van der Waals surface area contributed by atoms with Crippen LogP contribution in [-0.2, 0) is 4.79 Å². The standard InChI is InChI=1S/C19H22ClNO4.C17H21NO3/c1-2-24-16-10-6-7-11-17(16)25-19(14-8-4-3-5-9-14)15(22)13-21-18(23)12-20;1-2-20-15-10-6-7-11-16(15)21-17(14(19)12-18)13-8-4-3-5-9-13/h3-11,15,19,22H,2,12-13H2,1H3,(H,21,23);3-11,14,17,19H,2,12,18H2,1H3/t15-,19-;14-,17-/m00/s1. The Hall–Kier alpha value is -4.28. The van der Waals surface area contributed by atoms with Crippen molar-refractivity contribution in [3.05, 3.63) is 120 Å². The van der Waals surface area contributed by atoms with Crippen LogP contribution in [-0.4, -0.2) is 60.5 Å². The summed E-state index contributed by atoms with van der Waals surface area (Å²) in [7, 11) is 0. The van der Waals surface area contributed by atoms with Gasteiger partial charge >= 0.3 is 0 Å². The number of benzene rings is 4. The Bertz CT molecular complexity index is 1430. The Morgan fingerprint density at radius 1 is 0.674 bits per heavy atom. The van der Waals surface area contributed by atoms with Gasteiger partial charge in [0.05, 0.1) is 13.2 Å². The maximum Gasteiger partial charge on any atom is 0.235 e. The zero-order valence-electron chi connectivity index (χ0n) is 26.1. The number of carbonyl (C=O) groups is 1. The van der Waals surface area contributed by atoms with Gasteiger partial charge in [-0.15, -0.1) is 11.6 Å². The number of para-hydroxylation sites is 4. The van der Waals surface area contributed by atoms with Crippen LogP contribution < -0.4 is 30.0 Å². The van der Waals surface area contributed by atoms with Crippen LogP contribution in [0.25, 0.3) is 0 Å². The van der Waals surface area contributed by atoms with E-state index < -0.39 is 24.4 Å². The Morgan fingerprint density at radius 2 is 1.07 bits per heavy atom. The van der Waals surface area contributed by atoms with Gasteiger partial charge in [0.2, 0.25) is 5.91 Å². The van der Waals surface area contributed by atoms with Crippen molar-refractivity contribution < 1.29 is 34.0 Å². The maximum atomic E-state index is 11.4. The van der Waals surface area contributed by atoms with E-state index in [1.165, 1.54) is 0 Å². The predicted octanol–water partition coefficient (Wildman–Crippen LogP) is 5.45. The number of aliphatic hydroxyl groups excluding tert-OH is 2. The van der Waals surface area contributed by atoms with Crippen molar-refractivity contribution in [3.63, 3.8) is 0 Å². The average Bonchev–Trinajstić information content (AvgIpc) is 3.10. The number of halogens is 1. The van der Waals surface area contributed by atoms with Gasteiger partial charge in [0.1, 0.15) is 18.1 Å². The van der Waals surface area contributed by atoms with E-state index in [1.807, 2.05) is 117 Å². The molecular formula is C36H43ClN2O7. The number of carbonyl (C=O) groups excluding carboxylic acids is 1. The van der Waals surface area contributed by atoms with Gasteiger partial charge < -0.3 is 40.2 Å². The van der Waals surface area contributed by atoms with Crippen molar-refractivity contribution in [1.82, 2.24) is 5.32 Å². The van der Waals surface area contributed by atoms with Crippen molar-refractivity contribution in [1.29, 1.82) is 0 Å². The first-order valence-electron chi connectivity index (χ1n) is 15.2. The number of hydrogen-bond acceptors (Lipinski definition) is 8. The topological polar surface area (TPSA) is 132 Å². The van der Waals surface area contributed by atoms with Gasteiger partial charge in [-0.2, -0.15) is 0 Å². The third-order valence-corrected chi connectivity index (χ3v) is 6.87. The van der Waals surface area contributed by atoms with Crippen molar-refractivity contribution in [2.75, 3.05) is 32.2 Å². The number of rotatable bonds is 16. The zero-order chi connectivity index (χ0) is 33.1. The lowest BCUT2D eigenvalue weighted by atomic mass is 10.0. The Balaban J connectivity index is 0.000000254. The van der Waals surface area contributed by atoms with Crippen molar-refractivity contribution in [2.45, 2.75) is 38.3 Å². The zero-order valence-corrected chi connectivity index (χ0v) is 26.9. The van der Waals surface area contributed by atoms with Crippen LogP contribution in [0.1, 0.15) is 37.2 Å². The number of alkyl halides is 1. The summed E-state index contributed by atoms with van der Waals surface area (Å²) in [6.45, 7) is 5.01. The Kier molecular flexibility index (Phi) is 15.7. The number of ether oxygens (including phenoxy) is 4. The number of amides is 1. The van der Waals surface area contributed by atoms with E-state index in [1.54, 1.807) is 6.07 Å². The lowest BCUT2D eigenvalue weighted by molar-refractivity contribution is -0.119. The lowest BCUT2D eigenvalue weighted by Gasteiger charge is -2.26. The first-order valence-corrected chi connectivity index (χ1v) is 15.7. The third-order valence-electron chi connectivity index (χ3n) is 6.63. The predicted molar refractivity (Wildman–Crippen MR) is 180 cm³/mol. The van der Waals surface area contributed by atoms with Gasteiger partial charge in [0.25, 0.3) is 0 Å². The molecule has 0 bridgehead atoms. The minimum atomic E-state index is -0.954. The van der Waals surface area contributed by atoms with Crippen LogP contribution in [0.3, 0.4) is 0 Å². The fourth-order valence-corrected chi connectivity index (χ4v) is 4.53. The molecule has 10 heteroatoms. The SMILES string of the molecule is CCOc1ccccc1O[C@@H](c1ccccc1)[C@@H](O)CN.CCOc1ccccc1O[C@@H](c1ccccc1)[C@@H](O)CNC(=O)CCl. The smallest absolute Gasteiger partial charge is 0.235 e. The summed E-state index contributed by atoms with van der Waals surface area (Å²) in [5.74, 6) is 1.88. The van der Waals surface area contributed by atoms with Crippen LogP contribution in [0.5, 0.6) is 23.0 Å². The minimum Gasteiger partial charge on any atom is -0.490 e. The highest BCUT2D eigenvalue weighted by Crippen LogP contribution is 2.33. The largest absolute Gasteiger partial charge is 0.490 e. The fraction of sp³-hybridized carbons (Fsp3) is 0.306. The first-order chi connectivity index (χ1) is 22.4. The molecule has 0 saturated heterocycles. The van der Waals surface area contributed by atoms with Crippen molar-refractivity contribution >= 4 is 17.5 Å². The number of nitrogens with two attached hydrogens (primary N) is 1. The average molecular weight is 651 g/mol. The third kappa shape index (κ3) is 11.3. The normalized spacial score (nSPS) is 13.2. The van der Waals surface area contributed by atoms with Crippen LogP contribution in [0.2, 0.25) is 0 Å². The first kappa shape index (κ1) is 36.2. The molecule has 0 aliphatic carbocycles. The van der Waals surface area contributed by atoms with Gasteiger partial charge in [-0.3, -0.25) is 4.79 Å². The summed E-state index contributed by atoms with van der Waals surface area (Å²) in [6.07, 6.45) is -2.94. The lowest BCUT2D eigenvalue weighted by Crippen LogP contribution is -2.37. The molecule has 0 aliphatic rings. The molecule has 46 heavy (non-hydrogen) atoms. The molecule has 1 amide bonds. The number of aliphatic hydroxyl groups is 2. The second-order valence-corrected chi connectivity index (χ2v) is 10.2. The molecule has 0 radical (unpaired) electrons. The van der Waals surface area contributed by atoms with E-state index >= 15 is 0 Å². The van der Waals surface area contributed by atoms with E-state index in [-0.39, 0.29) is 24.9 Å². The molecule has 0 heterocycles. The molecule has 5 N–H and O–H groups in total. The maximum absolute atomic E-state index is 11.4. The highest BCUT2D eigenvalue weighted by Gasteiger charge is 2.25. The highest BCUT2D eigenvalue weighted by atomic mass is 35.5. The molecule has 4 atom stereocenters. The summed E-state index contributed by atoms with van der Waals surface area (Å²) < 4.78 is 23.2. The summed E-state index contributed by atoms with van der Waals surface area (Å²) >= 11 is 5.48. The van der Waals surface area contributed by atoms with Gasteiger partial charge in [0, 0.05) is 13.1 Å². The van der Waals surface area contributed by atoms with Gasteiger partial charge in [-0.1, -0.05) is 84.9 Å². The summed E-state index contributed by atoms with van der Waals surface area (Å²) in [5.41, 5.74) is 7.27. The van der Waals surface area contributed by atoms with Crippen molar-refractivity contribution in [3.8, 4) is 23.0 Å². The number of nitrogens with one attached hydrogen (secondary N) is 1. The fourth-order valence-electron chi connectivity index (χ4n) is 4.44. The van der Waals surface area contributed by atoms with E-state index in [0.29, 0.717) is 36.2 Å². The van der Waals surface area contributed by atoms with E-state index in [4.69, 9.17) is 36.3 Å². The molecule has 4 rings (SSSR count). The van der Waals surface area contributed by atoms with Gasteiger partial charge in [-0.25, -0.2) is 0 Å². The highest BCUT2D eigenvalue weighted by molar-refractivity contribution is 6.27. The molecule has 0 aliphatic heterocycles. The summed E-state index contributed by atoms with van der Waals surface area (Å²) in [6, 6.07) is 33.6. The molecular weight excluding hydrogens is 608 g/mol. The molecule has 9 nitrogen and oxygen atoms in total. The van der Waals surface area contributed by atoms with Gasteiger partial charge in [0.15, 0.2) is 35.2 Å². The van der Waals surface area contributed by atoms with Gasteiger partial charge in [-0.05, 0) is 49.2 Å². The molecule has 0 fully saturated rings. The number of hydrogen-bond donors (Lipinski definition) is 4. The molecule has 0 spiro atoms. The van der Waals surface area contributed by atoms with Crippen LogP contribution >= 0.6 is 11.6 Å². The Labute approximate surface area is 275 Å². The molecule has 4 aromatic rings. The van der Waals surface area contributed by atoms with E-state index in [9.17, 15) is 15.0 Å². The summed E-state index contributed by atoms with van der Waals surface area (Å²) in [5, 5.41) is 23.3. The monoisotopic (exact) mass is 650 g/mol. The van der Waals surface area contributed by atoms with Crippen LogP contribution in [0, 0.1) is 0 Å². The minimum absolute atomic E-state index is 0.0297. The molecule has 246 valence electrons. The summed E-state index contributed by atoms with van der Waals surface area (Å²) in [4.78, 5) is 11.4. The van der Waals surface area contributed by atoms with E-state index in [0.717, 1.165) is 11.1 Å². The van der Waals surface area contributed by atoms with Crippen LogP contribution in [0.4, 0.5) is 0 Å². The van der Waals surface area contributed by atoms with Crippen LogP contribution in [0.15, 0.2) is 109 Å². The quantitative estimate of drug-likeness (QED) is 0.118. The van der Waals surface area contributed by atoms with Crippen molar-refractivity contribution in [2.24, 2.45) is 5.73 Å². The molecule has 0 unspecified atom stereocenters. The molecule has 0 aromatic heterocycles. The Morgan fingerprint density at radius 3 is 1.46 bits per heavy atom. The van der Waals surface area contributed by atoms with E-state index in [2.05, 4.69) is 5.32 Å². The molecule has 0 saturated carbocycles. The second kappa shape index (κ2) is 20.0. The molecule has 4 aromatic carbocycles. The second-order valence-electron chi connectivity index (χ2n) is 9.97.